The molecule has 10 heavy (non-hydrogen) atoms. The van der Waals surface area contributed by atoms with Crippen LogP contribution in [-0.4, -0.2) is 9.67 Å². The first-order valence-corrected chi connectivity index (χ1v) is 3.01. The fraction of sp³-hybridized carbons (Fsp3) is 0.143. The number of hydrogen-bond donors (Lipinski definition) is 1. The number of fused-ring (bicyclic) bond motifs is 1. The second kappa shape index (κ2) is 1.56. The fourth-order valence-electron chi connectivity index (χ4n) is 1.04. The van der Waals surface area contributed by atoms with Crippen LogP contribution in [0, 0.1) is 0 Å². The molecule has 0 radical (unpaired) electrons. The van der Waals surface area contributed by atoms with Gasteiger partial charge in [-0.15, -0.1) is 0 Å². The van der Waals surface area contributed by atoms with Gasteiger partial charge in [-0.3, -0.25) is 0 Å². The van der Waals surface area contributed by atoms with Crippen LogP contribution in [0.15, 0.2) is 22.8 Å². The van der Waals surface area contributed by atoms with E-state index in [0.717, 1.165) is 11.1 Å². The molecular weight excluding hydrogens is 130 g/mol. The number of aromatic nitrogens is 1. The highest BCUT2D eigenvalue weighted by Crippen LogP contribution is 2.23. The molecule has 0 aliphatic heterocycles. The lowest BCUT2D eigenvalue weighted by Crippen LogP contribution is -1.82. The average molecular weight is 137 g/mol. The number of furan rings is 1. The summed E-state index contributed by atoms with van der Waals surface area (Å²) in [6.07, 6.45) is 1.60. The van der Waals surface area contributed by atoms with Gasteiger partial charge >= 0.3 is 0 Å². The van der Waals surface area contributed by atoms with Gasteiger partial charge in [-0.1, -0.05) is 0 Å². The Bertz CT molecular complexity index is 358. The molecule has 0 aromatic carbocycles. The minimum atomic E-state index is 0.231. The van der Waals surface area contributed by atoms with Crippen molar-refractivity contribution < 1.29 is 9.52 Å². The van der Waals surface area contributed by atoms with Gasteiger partial charge in [0, 0.05) is 19.2 Å². The van der Waals surface area contributed by atoms with Crippen molar-refractivity contribution in [1.82, 2.24) is 4.57 Å². The Labute approximate surface area is 57.5 Å². The SMILES string of the molecule is Cn1c(O)cc2occc21. The maximum Gasteiger partial charge on any atom is 0.195 e. The Morgan fingerprint density at radius 1 is 1.60 bits per heavy atom. The van der Waals surface area contributed by atoms with Crippen LogP contribution >= 0.6 is 0 Å². The first-order valence-electron chi connectivity index (χ1n) is 3.01. The minimum absolute atomic E-state index is 0.231. The third kappa shape index (κ3) is 0.492. The van der Waals surface area contributed by atoms with Crippen molar-refractivity contribution in [3.63, 3.8) is 0 Å². The summed E-state index contributed by atoms with van der Waals surface area (Å²) in [4.78, 5) is 0. The lowest BCUT2D eigenvalue weighted by atomic mass is 10.5. The summed E-state index contributed by atoms with van der Waals surface area (Å²) in [5, 5.41) is 9.14. The van der Waals surface area contributed by atoms with Crippen LogP contribution in [0.1, 0.15) is 0 Å². The summed E-state index contributed by atoms with van der Waals surface area (Å²) >= 11 is 0. The monoisotopic (exact) mass is 137 g/mol. The molecule has 0 atom stereocenters. The van der Waals surface area contributed by atoms with E-state index in [1.54, 1.807) is 23.9 Å². The predicted octanol–water partition coefficient (Wildman–Crippen LogP) is 1.48. The summed E-state index contributed by atoms with van der Waals surface area (Å²) in [5.41, 5.74) is 1.64. The van der Waals surface area contributed by atoms with Crippen molar-refractivity contribution in [3.8, 4) is 5.88 Å². The lowest BCUT2D eigenvalue weighted by molar-refractivity contribution is 0.435. The van der Waals surface area contributed by atoms with Crippen molar-refractivity contribution in [1.29, 1.82) is 0 Å². The van der Waals surface area contributed by atoms with Gasteiger partial charge in [-0.05, 0) is 0 Å². The molecule has 0 saturated heterocycles. The molecule has 0 aliphatic rings. The molecule has 0 fully saturated rings. The second-order valence-corrected chi connectivity index (χ2v) is 2.23. The Hall–Kier alpha value is -1.38. The highest BCUT2D eigenvalue weighted by molar-refractivity contribution is 5.76. The van der Waals surface area contributed by atoms with Crippen LogP contribution in [0.3, 0.4) is 0 Å². The molecule has 1 N–H and O–H groups in total. The molecule has 2 heterocycles. The van der Waals surface area contributed by atoms with Crippen molar-refractivity contribution >= 4 is 11.1 Å². The summed E-state index contributed by atoms with van der Waals surface area (Å²) in [6.45, 7) is 0. The lowest BCUT2D eigenvalue weighted by Gasteiger charge is -1.91. The van der Waals surface area contributed by atoms with E-state index in [0.29, 0.717) is 0 Å². The Kier molecular flexibility index (Phi) is 0.845. The first-order chi connectivity index (χ1) is 4.79. The van der Waals surface area contributed by atoms with Gasteiger partial charge in [0.05, 0.1) is 11.8 Å². The third-order valence-electron chi connectivity index (χ3n) is 1.64. The van der Waals surface area contributed by atoms with Crippen LogP contribution < -0.4 is 0 Å². The van der Waals surface area contributed by atoms with Crippen molar-refractivity contribution in [3.05, 3.63) is 18.4 Å². The third-order valence-corrected chi connectivity index (χ3v) is 1.64. The highest BCUT2D eigenvalue weighted by atomic mass is 16.3. The fourth-order valence-corrected chi connectivity index (χ4v) is 1.04. The summed E-state index contributed by atoms with van der Waals surface area (Å²) in [5.74, 6) is 0.231. The largest absolute Gasteiger partial charge is 0.494 e. The van der Waals surface area contributed by atoms with Gasteiger partial charge in [0.25, 0.3) is 0 Å². The number of hydrogen-bond acceptors (Lipinski definition) is 2. The normalized spacial score (nSPS) is 10.9. The van der Waals surface area contributed by atoms with Gasteiger partial charge in [-0.25, -0.2) is 0 Å². The van der Waals surface area contributed by atoms with E-state index in [-0.39, 0.29) is 5.88 Å². The molecule has 0 spiro atoms. The van der Waals surface area contributed by atoms with E-state index in [1.165, 1.54) is 0 Å². The van der Waals surface area contributed by atoms with E-state index in [4.69, 9.17) is 9.52 Å². The molecule has 2 aromatic rings. The maximum atomic E-state index is 9.14. The van der Waals surface area contributed by atoms with E-state index >= 15 is 0 Å². The number of rotatable bonds is 0. The number of aryl methyl sites for hydroxylation is 1. The summed E-state index contributed by atoms with van der Waals surface area (Å²) in [6, 6.07) is 3.41. The molecule has 3 heteroatoms. The predicted molar refractivity (Wildman–Crippen MR) is 36.8 cm³/mol. The second-order valence-electron chi connectivity index (χ2n) is 2.23. The summed E-state index contributed by atoms with van der Waals surface area (Å²) in [7, 11) is 1.78. The van der Waals surface area contributed by atoms with E-state index in [9.17, 15) is 0 Å². The molecule has 52 valence electrons. The molecule has 2 rings (SSSR count). The Morgan fingerprint density at radius 2 is 2.40 bits per heavy atom. The topological polar surface area (TPSA) is 38.3 Å². The molecule has 0 amide bonds. The van der Waals surface area contributed by atoms with E-state index in [1.807, 2.05) is 6.07 Å². The van der Waals surface area contributed by atoms with Crippen molar-refractivity contribution in [2.24, 2.45) is 7.05 Å². The number of nitrogens with zero attached hydrogens (tertiary/aromatic N) is 1. The molecule has 0 bridgehead atoms. The number of aromatic hydroxyl groups is 1. The van der Waals surface area contributed by atoms with E-state index in [2.05, 4.69) is 0 Å². The highest BCUT2D eigenvalue weighted by Gasteiger charge is 2.04. The molecule has 0 saturated carbocycles. The average Bonchev–Trinajstić information content (AvgIpc) is 2.41. The van der Waals surface area contributed by atoms with Gasteiger partial charge in [0.15, 0.2) is 11.5 Å². The minimum Gasteiger partial charge on any atom is -0.494 e. The van der Waals surface area contributed by atoms with Gasteiger partial charge in [0.1, 0.15) is 0 Å². The van der Waals surface area contributed by atoms with Crippen LogP contribution in [0.25, 0.3) is 11.1 Å². The van der Waals surface area contributed by atoms with Crippen molar-refractivity contribution in [2.75, 3.05) is 0 Å². The molecule has 2 aromatic heterocycles. The van der Waals surface area contributed by atoms with E-state index < -0.39 is 0 Å². The summed E-state index contributed by atoms with van der Waals surface area (Å²) < 4.78 is 6.70. The van der Waals surface area contributed by atoms with Gasteiger partial charge in [-0.2, -0.15) is 0 Å². The Morgan fingerprint density at radius 3 is 3.10 bits per heavy atom. The molecule has 3 nitrogen and oxygen atoms in total. The zero-order chi connectivity index (χ0) is 7.14. The smallest absolute Gasteiger partial charge is 0.195 e. The van der Waals surface area contributed by atoms with Crippen LogP contribution in [0.2, 0.25) is 0 Å². The molecular formula is C7H7NO2. The maximum absolute atomic E-state index is 9.14. The zero-order valence-electron chi connectivity index (χ0n) is 5.53. The van der Waals surface area contributed by atoms with Gasteiger partial charge < -0.3 is 14.1 Å². The van der Waals surface area contributed by atoms with Gasteiger partial charge in [0.2, 0.25) is 0 Å². The quantitative estimate of drug-likeness (QED) is 0.597. The standard InChI is InChI=1S/C7H7NO2/c1-8-5-2-3-10-6(5)4-7(8)9/h2-4,9H,1H3. The molecule has 0 aliphatic carbocycles. The van der Waals surface area contributed by atoms with Crippen LogP contribution in [0.4, 0.5) is 0 Å². The molecule has 0 unspecified atom stereocenters. The zero-order valence-corrected chi connectivity index (χ0v) is 5.53. The van der Waals surface area contributed by atoms with Crippen LogP contribution in [-0.2, 0) is 7.05 Å². The Balaban J connectivity index is 2.95. The first kappa shape index (κ1) is 5.41. The van der Waals surface area contributed by atoms with Crippen LogP contribution in [0.5, 0.6) is 5.88 Å². The van der Waals surface area contributed by atoms with Crippen molar-refractivity contribution in [2.45, 2.75) is 0 Å².